The van der Waals surface area contributed by atoms with Crippen LogP contribution in [0.1, 0.15) is 212 Å². The van der Waals surface area contributed by atoms with Gasteiger partial charge < -0.3 is 20.6 Å². The quantitative estimate of drug-likeness (QED) is 0.0443. The molecule has 8 heteroatoms. The van der Waals surface area contributed by atoms with E-state index in [0.29, 0.717) is 35.4 Å². The van der Waals surface area contributed by atoms with Crippen molar-refractivity contribution < 1.29 is 24.1 Å². The number of hydrogen-bond acceptors (Lipinski definition) is 5. The van der Waals surface area contributed by atoms with E-state index in [9.17, 15) is 19.5 Å². The van der Waals surface area contributed by atoms with Crippen molar-refractivity contribution in [2.75, 3.05) is 36.4 Å². The standard InChI is InChI=1S/C54H82N4O4/c1-3-5-7-9-11-13-15-17-19-21-25-31-49(59)55-47-41-43(57-37-27-23-28-38-57)33-35-45(47)51-53(61)52(54(51)62)46-36-34-44(58-39-29-24-30-40-58)42-48(46)56-50(60)32-26-22-20-18-16-14-12-10-8-6-4-2/h33-36,41-42H,3-32,37-40H2,1-2H3,(H2,55,56,59,60,61,62)/p+1. The third-order valence-electron chi connectivity index (χ3n) is 13.5. The Morgan fingerprint density at radius 3 is 1.65 bits per heavy atom. The Bertz CT molecular complexity index is 1750. The Hall–Kier alpha value is -3.94. The number of unbranched alkanes of at least 4 members (excludes halogenated alkanes) is 20. The molecule has 1 aromatic carbocycles. The van der Waals surface area contributed by atoms with Gasteiger partial charge in [0.15, 0.2) is 0 Å². The van der Waals surface area contributed by atoms with Crippen molar-refractivity contribution in [2.45, 2.75) is 206 Å². The molecule has 62 heavy (non-hydrogen) atoms. The van der Waals surface area contributed by atoms with Crippen LogP contribution < -0.4 is 15.5 Å². The zero-order valence-electron chi connectivity index (χ0n) is 39.1. The zero-order valence-corrected chi connectivity index (χ0v) is 39.1. The topological polar surface area (TPSA) is 102 Å². The summed E-state index contributed by atoms with van der Waals surface area (Å²) in [7, 11) is 0. The fourth-order valence-corrected chi connectivity index (χ4v) is 9.63. The molecule has 0 spiro atoms. The molecule has 0 aromatic heterocycles. The van der Waals surface area contributed by atoms with Crippen molar-refractivity contribution in [3.63, 3.8) is 0 Å². The van der Waals surface area contributed by atoms with Gasteiger partial charge in [-0.2, -0.15) is 0 Å². The lowest BCUT2D eigenvalue weighted by Gasteiger charge is -2.31. The molecule has 0 radical (unpaired) electrons. The molecule has 8 nitrogen and oxygen atoms in total. The Morgan fingerprint density at radius 1 is 0.613 bits per heavy atom. The van der Waals surface area contributed by atoms with Gasteiger partial charge in [-0.15, -0.1) is 0 Å². The lowest BCUT2D eigenvalue weighted by molar-refractivity contribution is -0.535. The number of carbonyl (C=O) groups is 3. The van der Waals surface area contributed by atoms with E-state index < -0.39 is 0 Å². The maximum absolute atomic E-state index is 14.3. The maximum Gasteiger partial charge on any atom is 0.224 e. The van der Waals surface area contributed by atoms with Crippen LogP contribution in [0.25, 0.3) is 5.57 Å². The Kier molecular flexibility index (Phi) is 22.1. The normalized spacial score (nSPS) is 18.0. The number of piperidine rings is 2. The van der Waals surface area contributed by atoms with E-state index >= 15 is 0 Å². The van der Waals surface area contributed by atoms with Crippen molar-refractivity contribution in [1.29, 1.82) is 0 Å². The van der Waals surface area contributed by atoms with E-state index in [4.69, 9.17) is 0 Å². The summed E-state index contributed by atoms with van der Waals surface area (Å²) in [6, 6.07) is 5.88. The molecule has 342 valence electrons. The smallest absolute Gasteiger partial charge is 0.224 e. The second kappa shape index (κ2) is 28.0. The van der Waals surface area contributed by atoms with Crippen molar-refractivity contribution in [1.82, 2.24) is 5.32 Å². The van der Waals surface area contributed by atoms with Gasteiger partial charge in [-0.1, -0.05) is 142 Å². The van der Waals surface area contributed by atoms with Crippen LogP contribution in [0.3, 0.4) is 0 Å². The third kappa shape index (κ3) is 15.7. The highest BCUT2D eigenvalue weighted by molar-refractivity contribution is 6.40. The molecule has 2 amide bonds. The number of carbonyl (C=O) groups excluding carboxylic acids is 3. The van der Waals surface area contributed by atoms with Gasteiger partial charge in [0.1, 0.15) is 18.8 Å². The van der Waals surface area contributed by atoms with Gasteiger partial charge in [-0.3, -0.25) is 14.4 Å². The van der Waals surface area contributed by atoms with Gasteiger partial charge in [0, 0.05) is 67.7 Å². The van der Waals surface area contributed by atoms with Gasteiger partial charge in [0.25, 0.3) is 0 Å². The molecule has 0 saturated carbocycles. The van der Waals surface area contributed by atoms with Crippen molar-refractivity contribution in [3.8, 4) is 0 Å². The number of amides is 2. The lowest BCUT2D eigenvalue weighted by atomic mass is 9.78. The molecule has 3 N–H and O–H groups in total. The van der Waals surface area contributed by atoms with Crippen LogP contribution in [-0.2, 0) is 14.4 Å². The zero-order chi connectivity index (χ0) is 43.8. The fourth-order valence-electron chi connectivity index (χ4n) is 9.63. The summed E-state index contributed by atoms with van der Waals surface area (Å²) in [6.45, 7) is 8.34. The number of rotatable bonds is 28. The van der Waals surface area contributed by atoms with E-state index in [1.807, 2.05) is 36.4 Å². The van der Waals surface area contributed by atoms with Gasteiger partial charge in [-0.25, -0.2) is 4.58 Å². The number of benzene rings is 1. The third-order valence-corrected chi connectivity index (χ3v) is 13.5. The molecule has 0 atom stereocenters. The van der Waals surface area contributed by atoms with E-state index in [1.165, 1.54) is 116 Å². The van der Waals surface area contributed by atoms with Gasteiger partial charge in [0.2, 0.25) is 23.3 Å². The Labute approximate surface area is 375 Å². The van der Waals surface area contributed by atoms with Gasteiger partial charge >= 0.3 is 0 Å². The summed E-state index contributed by atoms with van der Waals surface area (Å²) in [4.78, 5) is 43.5. The number of aliphatic hydroxyl groups excluding tert-OH is 1. The average Bonchev–Trinajstić information content (AvgIpc) is 3.29. The number of hydrogen-bond donors (Lipinski definition) is 3. The van der Waals surface area contributed by atoms with E-state index in [0.717, 1.165) is 102 Å². The number of allylic oxidation sites excluding steroid dienone is 5. The minimum Gasteiger partial charge on any atom is -0.506 e. The maximum atomic E-state index is 14.3. The molecule has 2 heterocycles. The molecule has 1 aromatic rings. The van der Waals surface area contributed by atoms with Gasteiger partial charge in [-0.05, 0) is 62.8 Å². The first kappa shape index (κ1) is 49.1. The summed E-state index contributed by atoms with van der Waals surface area (Å²) < 4.78 is 2.34. The summed E-state index contributed by atoms with van der Waals surface area (Å²) in [5.41, 5.74) is 4.68. The molecule has 0 unspecified atom stereocenters. The predicted octanol–water partition coefficient (Wildman–Crippen LogP) is 13.4. The first-order valence-corrected chi connectivity index (χ1v) is 25.6. The molecule has 2 aliphatic heterocycles. The number of nitrogens with one attached hydrogen (secondary N) is 2. The first-order chi connectivity index (χ1) is 30.4. The Balaban J connectivity index is 1.25. The summed E-state index contributed by atoms with van der Waals surface area (Å²) in [5, 5.41) is 18.1. The van der Waals surface area contributed by atoms with Crippen LogP contribution in [-0.4, -0.2) is 59.2 Å². The number of aliphatic hydroxyl groups is 1. The molecular weight excluding hydrogens is 769 g/mol. The highest BCUT2D eigenvalue weighted by Crippen LogP contribution is 2.43. The second-order valence-corrected chi connectivity index (χ2v) is 18.7. The largest absolute Gasteiger partial charge is 0.506 e. The van der Waals surface area contributed by atoms with E-state index in [1.54, 1.807) is 0 Å². The monoisotopic (exact) mass is 852 g/mol. The number of anilines is 2. The van der Waals surface area contributed by atoms with E-state index in [2.05, 4.69) is 34.0 Å². The molecule has 0 bridgehead atoms. The number of nitrogens with zero attached hydrogens (tertiary/aromatic N) is 2. The predicted molar refractivity (Wildman–Crippen MR) is 259 cm³/mol. The van der Waals surface area contributed by atoms with Crippen LogP contribution in [0.2, 0.25) is 0 Å². The second-order valence-electron chi connectivity index (χ2n) is 18.7. The highest BCUT2D eigenvalue weighted by atomic mass is 16.3. The molecule has 2 aliphatic carbocycles. The minimum atomic E-state index is -0.277. The number of ketones is 1. The SMILES string of the molecule is CCCCCCCCCCCCCC(=O)NC1=CC(=[N+]2CCCCC2)C=CC1=C1C(=O)C(c2ccc(N3CCCCC3)cc2NC(=O)CCCCCCCCCCCCC)=C1O. The van der Waals surface area contributed by atoms with Crippen LogP contribution in [0.5, 0.6) is 0 Å². The van der Waals surface area contributed by atoms with Crippen molar-refractivity contribution in [2.24, 2.45) is 0 Å². The Morgan fingerprint density at radius 2 is 1.11 bits per heavy atom. The summed E-state index contributed by atoms with van der Waals surface area (Å²) in [5.74, 6) is -0.496. The van der Waals surface area contributed by atoms with Crippen LogP contribution in [0, 0.1) is 0 Å². The average molecular weight is 852 g/mol. The summed E-state index contributed by atoms with van der Waals surface area (Å²) in [6.07, 6.45) is 40.6. The molecule has 4 aliphatic rings. The lowest BCUT2D eigenvalue weighted by Crippen LogP contribution is -2.32. The highest BCUT2D eigenvalue weighted by Gasteiger charge is 2.40. The van der Waals surface area contributed by atoms with Crippen molar-refractivity contribution >= 4 is 40.3 Å². The van der Waals surface area contributed by atoms with Crippen LogP contribution in [0.15, 0.2) is 59.0 Å². The molecule has 5 rings (SSSR count). The number of Topliss-reactive ketones (excluding diaryl/α,β-unsaturated/α-hetero) is 1. The summed E-state index contributed by atoms with van der Waals surface area (Å²) >= 11 is 0. The van der Waals surface area contributed by atoms with Crippen LogP contribution >= 0.6 is 0 Å². The fraction of sp³-hybridized carbons (Fsp3) is 0.667. The van der Waals surface area contributed by atoms with Crippen molar-refractivity contribution in [3.05, 3.63) is 64.6 Å². The molecular formula is C54H83N4O4+. The first-order valence-electron chi connectivity index (χ1n) is 25.6. The van der Waals surface area contributed by atoms with Crippen LogP contribution in [0.4, 0.5) is 11.4 Å². The van der Waals surface area contributed by atoms with E-state index in [-0.39, 0.29) is 34.5 Å². The molecule has 2 saturated heterocycles. The minimum absolute atomic E-state index is 0.0647. The van der Waals surface area contributed by atoms with Gasteiger partial charge in [0.05, 0.1) is 22.5 Å². The molecule has 2 fully saturated rings.